The number of hydrogen-bond donors (Lipinski definition) is 1. The van der Waals surface area contributed by atoms with Crippen LogP contribution in [0.1, 0.15) is 24.5 Å². The average molecular weight is 397 g/mol. The molecule has 0 saturated carbocycles. The van der Waals surface area contributed by atoms with E-state index in [-0.39, 0.29) is 23.9 Å². The summed E-state index contributed by atoms with van der Waals surface area (Å²) in [5, 5.41) is 5.49. The number of amides is 1. The molecule has 0 saturated heterocycles. The summed E-state index contributed by atoms with van der Waals surface area (Å²) >= 11 is 1.45. The minimum Gasteiger partial charge on any atom is -0.354 e. The first-order valence-corrected chi connectivity index (χ1v) is 10.5. The first kappa shape index (κ1) is 18.8. The van der Waals surface area contributed by atoms with E-state index in [0.717, 1.165) is 24.3 Å². The number of carbonyl (C=O) groups is 1. The molecule has 1 atom stereocenters. The number of benzene rings is 1. The van der Waals surface area contributed by atoms with Gasteiger partial charge in [-0.1, -0.05) is 24.3 Å². The van der Waals surface area contributed by atoms with Crippen molar-refractivity contribution in [3.8, 4) is 0 Å². The van der Waals surface area contributed by atoms with Gasteiger partial charge in [-0.3, -0.25) is 19.1 Å². The van der Waals surface area contributed by atoms with E-state index in [2.05, 4.69) is 46.4 Å². The number of rotatable bonds is 6. The lowest BCUT2D eigenvalue weighted by Gasteiger charge is -2.33. The van der Waals surface area contributed by atoms with Gasteiger partial charge in [0.15, 0.2) is 0 Å². The Morgan fingerprint density at radius 1 is 1.29 bits per heavy atom. The molecular weight excluding hydrogens is 372 g/mol. The number of nitrogens with one attached hydrogen (secondary N) is 1. The summed E-state index contributed by atoms with van der Waals surface area (Å²) in [5.74, 6) is -0.0402. The van der Waals surface area contributed by atoms with Crippen LogP contribution in [0.4, 0.5) is 0 Å². The molecule has 28 heavy (non-hydrogen) atoms. The van der Waals surface area contributed by atoms with Crippen LogP contribution < -0.4 is 10.9 Å². The smallest absolute Gasteiger partial charge is 0.262 e. The Morgan fingerprint density at radius 2 is 2.11 bits per heavy atom. The topological polar surface area (TPSA) is 67.2 Å². The molecule has 0 spiro atoms. The van der Waals surface area contributed by atoms with Gasteiger partial charge in [-0.25, -0.2) is 4.98 Å². The third-order valence-electron chi connectivity index (χ3n) is 5.41. The average Bonchev–Trinajstić information content (AvgIpc) is 3.21. The zero-order valence-electron chi connectivity index (χ0n) is 15.9. The molecule has 1 aromatic carbocycles. The lowest BCUT2D eigenvalue weighted by atomic mass is 9.99. The van der Waals surface area contributed by atoms with Crippen molar-refractivity contribution >= 4 is 27.5 Å². The van der Waals surface area contributed by atoms with E-state index in [0.29, 0.717) is 18.5 Å². The third-order valence-corrected chi connectivity index (χ3v) is 6.23. The van der Waals surface area contributed by atoms with Gasteiger partial charge in [-0.2, -0.15) is 0 Å². The normalized spacial score (nSPS) is 15.3. The molecule has 146 valence electrons. The Balaban J connectivity index is 1.27. The number of carbonyl (C=O) groups excluding carboxylic acids is 1. The molecule has 2 aromatic heterocycles. The van der Waals surface area contributed by atoms with Crippen molar-refractivity contribution < 1.29 is 4.79 Å². The molecule has 3 heterocycles. The Labute approximate surface area is 167 Å². The van der Waals surface area contributed by atoms with Crippen LogP contribution >= 0.6 is 11.3 Å². The molecule has 0 radical (unpaired) electrons. The van der Waals surface area contributed by atoms with Crippen LogP contribution in [-0.2, 0) is 24.3 Å². The highest BCUT2D eigenvalue weighted by Gasteiger charge is 2.20. The fourth-order valence-corrected chi connectivity index (χ4v) is 4.37. The number of thiophene rings is 1. The molecule has 1 N–H and O–H groups in total. The predicted molar refractivity (Wildman–Crippen MR) is 112 cm³/mol. The van der Waals surface area contributed by atoms with E-state index in [1.807, 2.05) is 5.38 Å². The molecule has 6 nitrogen and oxygen atoms in total. The van der Waals surface area contributed by atoms with Crippen LogP contribution in [-0.4, -0.2) is 39.5 Å². The second kappa shape index (κ2) is 8.24. The zero-order valence-corrected chi connectivity index (χ0v) is 16.7. The highest BCUT2D eigenvalue weighted by Crippen LogP contribution is 2.20. The molecule has 0 fully saturated rings. The van der Waals surface area contributed by atoms with Crippen molar-refractivity contribution in [2.75, 3.05) is 13.1 Å². The highest BCUT2D eigenvalue weighted by molar-refractivity contribution is 7.16. The van der Waals surface area contributed by atoms with E-state index in [1.165, 1.54) is 33.4 Å². The third kappa shape index (κ3) is 4.00. The van der Waals surface area contributed by atoms with E-state index in [1.54, 1.807) is 6.07 Å². The quantitative estimate of drug-likeness (QED) is 0.695. The second-order valence-electron chi connectivity index (χ2n) is 7.27. The van der Waals surface area contributed by atoms with Crippen molar-refractivity contribution in [1.29, 1.82) is 0 Å². The molecule has 4 rings (SSSR count). The lowest BCUT2D eigenvalue weighted by molar-refractivity contribution is -0.121. The number of hydrogen-bond acceptors (Lipinski definition) is 5. The summed E-state index contributed by atoms with van der Waals surface area (Å²) in [4.78, 5) is 32.0. The molecule has 0 aliphatic carbocycles. The van der Waals surface area contributed by atoms with Gasteiger partial charge in [0.05, 0.1) is 11.7 Å². The van der Waals surface area contributed by atoms with Crippen molar-refractivity contribution in [1.82, 2.24) is 19.8 Å². The van der Waals surface area contributed by atoms with Crippen LogP contribution in [0.5, 0.6) is 0 Å². The number of fused-ring (bicyclic) bond motifs is 2. The largest absolute Gasteiger partial charge is 0.354 e. The van der Waals surface area contributed by atoms with Gasteiger partial charge in [0, 0.05) is 38.6 Å². The maximum Gasteiger partial charge on any atom is 0.262 e. The maximum atomic E-state index is 12.4. The Kier molecular flexibility index (Phi) is 5.54. The predicted octanol–water partition coefficient (Wildman–Crippen LogP) is 2.41. The lowest BCUT2D eigenvalue weighted by Crippen LogP contribution is -2.44. The first-order chi connectivity index (χ1) is 13.6. The second-order valence-corrected chi connectivity index (χ2v) is 8.17. The van der Waals surface area contributed by atoms with Crippen molar-refractivity contribution in [3.05, 3.63) is 63.5 Å². The highest BCUT2D eigenvalue weighted by atomic mass is 32.1. The van der Waals surface area contributed by atoms with Crippen molar-refractivity contribution in [2.24, 2.45) is 0 Å². The van der Waals surface area contributed by atoms with Crippen molar-refractivity contribution in [3.63, 3.8) is 0 Å². The molecule has 1 amide bonds. The Morgan fingerprint density at radius 3 is 2.96 bits per heavy atom. The minimum absolute atomic E-state index is 0.0402. The summed E-state index contributed by atoms with van der Waals surface area (Å²) in [6.45, 7) is 5.03. The van der Waals surface area contributed by atoms with Gasteiger partial charge in [-0.15, -0.1) is 11.3 Å². The molecule has 3 aromatic rings. The van der Waals surface area contributed by atoms with Crippen LogP contribution in [0.25, 0.3) is 10.2 Å². The Hall–Kier alpha value is -2.51. The number of aryl methyl sites for hydroxylation is 1. The van der Waals surface area contributed by atoms with Crippen LogP contribution in [0.2, 0.25) is 0 Å². The van der Waals surface area contributed by atoms with Crippen molar-refractivity contribution in [2.45, 2.75) is 38.9 Å². The van der Waals surface area contributed by atoms with E-state index < -0.39 is 0 Å². The first-order valence-electron chi connectivity index (χ1n) is 9.62. The van der Waals surface area contributed by atoms with E-state index in [9.17, 15) is 9.59 Å². The molecular formula is C21H24N4O2S. The zero-order chi connectivity index (χ0) is 19.5. The SMILES string of the molecule is CC(CNC(=O)CCn1cnc2sccc2c1=O)N1CCc2ccccc2C1. The molecule has 0 bridgehead atoms. The van der Waals surface area contributed by atoms with Gasteiger partial charge in [0.2, 0.25) is 5.91 Å². The van der Waals surface area contributed by atoms with Gasteiger partial charge >= 0.3 is 0 Å². The van der Waals surface area contributed by atoms with Gasteiger partial charge in [0.25, 0.3) is 5.56 Å². The Bertz CT molecular complexity index is 1040. The molecule has 7 heteroatoms. The summed E-state index contributed by atoms with van der Waals surface area (Å²) < 4.78 is 1.51. The van der Waals surface area contributed by atoms with Gasteiger partial charge < -0.3 is 5.32 Å². The summed E-state index contributed by atoms with van der Waals surface area (Å²) in [6.07, 6.45) is 2.85. The van der Waals surface area contributed by atoms with Gasteiger partial charge in [0.1, 0.15) is 4.83 Å². The van der Waals surface area contributed by atoms with E-state index >= 15 is 0 Å². The minimum atomic E-state index is -0.0839. The monoisotopic (exact) mass is 396 g/mol. The van der Waals surface area contributed by atoms with Crippen LogP contribution in [0.3, 0.4) is 0 Å². The van der Waals surface area contributed by atoms with E-state index in [4.69, 9.17) is 0 Å². The maximum absolute atomic E-state index is 12.4. The number of aromatic nitrogens is 2. The van der Waals surface area contributed by atoms with Crippen LogP contribution in [0.15, 0.2) is 46.8 Å². The molecule has 1 aliphatic rings. The summed E-state index contributed by atoms with van der Waals surface area (Å²) in [7, 11) is 0. The summed E-state index contributed by atoms with van der Waals surface area (Å²) in [5.41, 5.74) is 2.72. The standard InChI is InChI=1S/C21H24N4O2S/c1-15(24-9-6-16-4-2-3-5-17(16)13-24)12-22-19(26)7-10-25-14-23-20-18(21(25)27)8-11-28-20/h2-5,8,11,14-15H,6-7,9-10,12-13H2,1H3,(H,22,26). The van der Waals surface area contributed by atoms with Crippen LogP contribution in [0, 0.1) is 0 Å². The fourth-order valence-electron chi connectivity index (χ4n) is 3.65. The summed E-state index contributed by atoms with van der Waals surface area (Å²) in [6, 6.07) is 10.6. The molecule has 1 unspecified atom stereocenters. The molecule has 1 aliphatic heterocycles. The fraction of sp³-hybridized carbons (Fsp3) is 0.381. The number of nitrogens with zero attached hydrogens (tertiary/aromatic N) is 3. The van der Waals surface area contributed by atoms with Gasteiger partial charge in [-0.05, 0) is 35.9 Å².